The van der Waals surface area contributed by atoms with Gasteiger partial charge in [0.25, 0.3) is 0 Å². The zero-order valence-corrected chi connectivity index (χ0v) is 14.0. The van der Waals surface area contributed by atoms with Gasteiger partial charge in [-0.3, -0.25) is 4.79 Å². The summed E-state index contributed by atoms with van der Waals surface area (Å²) >= 11 is 0. The first-order chi connectivity index (χ1) is 12.1. The van der Waals surface area contributed by atoms with Crippen molar-refractivity contribution in [1.29, 1.82) is 0 Å². The van der Waals surface area contributed by atoms with Crippen molar-refractivity contribution in [2.45, 2.75) is 26.3 Å². The highest BCUT2D eigenvalue weighted by Gasteiger charge is 2.12. The molecule has 4 nitrogen and oxygen atoms in total. The second kappa shape index (κ2) is 7.75. The molecule has 0 radical (unpaired) electrons. The number of benzene rings is 2. The van der Waals surface area contributed by atoms with Crippen molar-refractivity contribution >= 4 is 5.91 Å². The molecule has 0 aliphatic heterocycles. The molecule has 25 heavy (non-hydrogen) atoms. The van der Waals surface area contributed by atoms with Gasteiger partial charge in [-0.25, -0.2) is 4.39 Å². The molecular weight excluding hydrogens is 319 g/mol. The predicted octanol–water partition coefficient (Wildman–Crippen LogP) is 4.04. The number of aromatic nitrogens is 1. The number of halogens is 1. The van der Waals surface area contributed by atoms with E-state index in [2.05, 4.69) is 10.5 Å². The summed E-state index contributed by atoms with van der Waals surface area (Å²) in [5.41, 5.74) is 4.50. The third kappa shape index (κ3) is 4.32. The van der Waals surface area contributed by atoms with E-state index in [-0.39, 0.29) is 11.7 Å². The predicted molar refractivity (Wildman–Crippen MR) is 93.2 cm³/mol. The number of carbonyl (C=O) groups excluding carboxylic acids is 1. The molecule has 0 saturated carbocycles. The second-order valence-electron chi connectivity index (χ2n) is 5.90. The summed E-state index contributed by atoms with van der Waals surface area (Å²) in [6, 6.07) is 14.0. The summed E-state index contributed by atoms with van der Waals surface area (Å²) in [5, 5.41) is 6.90. The first-order valence-corrected chi connectivity index (χ1v) is 8.14. The maximum atomic E-state index is 13.0. The van der Waals surface area contributed by atoms with Crippen molar-refractivity contribution < 1.29 is 13.7 Å². The van der Waals surface area contributed by atoms with Crippen LogP contribution in [0.3, 0.4) is 0 Å². The van der Waals surface area contributed by atoms with Crippen LogP contribution in [0.5, 0.6) is 0 Å². The second-order valence-corrected chi connectivity index (χ2v) is 5.90. The number of hydrogen-bond donors (Lipinski definition) is 1. The quantitative estimate of drug-likeness (QED) is 0.738. The van der Waals surface area contributed by atoms with E-state index >= 15 is 0 Å². The lowest BCUT2D eigenvalue weighted by Crippen LogP contribution is -2.23. The molecule has 2 aromatic carbocycles. The van der Waals surface area contributed by atoms with Gasteiger partial charge >= 0.3 is 0 Å². The number of nitrogens with one attached hydrogen (secondary N) is 1. The highest BCUT2D eigenvalue weighted by Crippen LogP contribution is 2.23. The SMILES string of the molecule is Cc1ccccc1CNC(=O)CCc1conc1-c1ccc(F)cc1. The Hall–Kier alpha value is -2.95. The number of carbonyl (C=O) groups is 1. The lowest BCUT2D eigenvalue weighted by atomic mass is 10.0. The van der Waals surface area contributed by atoms with Crippen molar-refractivity contribution in [3.63, 3.8) is 0 Å². The summed E-state index contributed by atoms with van der Waals surface area (Å²) in [6.07, 6.45) is 2.38. The number of nitrogens with zero attached hydrogens (tertiary/aromatic N) is 1. The van der Waals surface area contributed by atoms with E-state index in [1.807, 2.05) is 31.2 Å². The highest BCUT2D eigenvalue weighted by atomic mass is 19.1. The van der Waals surface area contributed by atoms with Crippen molar-refractivity contribution in [2.75, 3.05) is 0 Å². The minimum absolute atomic E-state index is 0.0329. The molecule has 1 amide bonds. The third-order valence-corrected chi connectivity index (χ3v) is 4.12. The maximum absolute atomic E-state index is 13.0. The summed E-state index contributed by atoms with van der Waals surface area (Å²) < 4.78 is 18.1. The van der Waals surface area contributed by atoms with Gasteiger partial charge in [0.05, 0.1) is 0 Å². The van der Waals surface area contributed by atoms with Gasteiger partial charge in [0.15, 0.2) is 0 Å². The van der Waals surface area contributed by atoms with E-state index in [4.69, 9.17) is 4.52 Å². The molecule has 5 heteroatoms. The van der Waals surface area contributed by atoms with Crippen LogP contribution in [-0.2, 0) is 17.8 Å². The van der Waals surface area contributed by atoms with Gasteiger partial charge in [-0.05, 0) is 48.7 Å². The van der Waals surface area contributed by atoms with Crippen molar-refractivity contribution in [1.82, 2.24) is 10.5 Å². The van der Waals surface area contributed by atoms with Crippen LogP contribution in [0.2, 0.25) is 0 Å². The lowest BCUT2D eigenvalue weighted by molar-refractivity contribution is -0.121. The summed E-state index contributed by atoms with van der Waals surface area (Å²) in [6.45, 7) is 2.54. The molecule has 0 saturated heterocycles. The van der Waals surface area contributed by atoms with Crippen LogP contribution in [0.25, 0.3) is 11.3 Å². The van der Waals surface area contributed by atoms with E-state index < -0.39 is 0 Å². The smallest absolute Gasteiger partial charge is 0.220 e. The zero-order chi connectivity index (χ0) is 17.6. The van der Waals surface area contributed by atoms with E-state index in [9.17, 15) is 9.18 Å². The Labute approximate surface area is 145 Å². The summed E-state index contributed by atoms with van der Waals surface area (Å²) in [7, 11) is 0. The Bertz CT molecular complexity index is 856. The molecule has 1 heterocycles. The molecular formula is C20H19FN2O2. The Morgan fingerprint density at radius 1 is 1.12 bits per heavy atom. The molecule has 0 spiro atoms. The Morgan fingerprint density at radius 3 is 2.64 bits per heavy atom. The molecule has 3 aromatic rings. The molecule has 0 atom stereocenters. The molecule has 1 N–H and O–H groups in total. The monoisotopic (exact) mass is 338 g/mol. The van der Waals surface area contributed by atoms with Gasteiger partial charge in [-0.15, -0.1) is 0 Å². The fourth-order valence-electron chi connectivity index (χ4n) is 2.62. The van der Waals surface area contributed by atoms with Crippen molar-refractivity contribution in [2.24, 2.45) is 0 Å². The molecule has 0 unspecified atom stereocenters. The topological polar surface area (TPSA) is 55.1 Å². The molecule has 1 aromatic heterocycles. The van der Waals surface area contributed by atoms with Gasteiger partial charge in [0.2, 0.25) is 5.91 Å². The Morgan fingerprint density at radius 2 is 1.88 bits per heavy atom. The maximum Gasteiger partial charge on any atom is 0.220 e. The Kier molecular flexibility index (Phi) is 5.23. The van der Waals surface area contributed by atoms with E-state index in [0.29, 0.717) is 25.1 Å². The number of rotatable bonds is 6. The molecule has 0 fully saturated rings. The third-order valence-electron chi connectivity index (χ3n) is 4.12. The first kappa shape index (κ1) is 16.9. The summed E-state index contributed by atoms with van der Waals surface area (Å²) in [4.78, 5) is 12.1. The minimum Gasteiger partial charge on any atom is -0.364 e. The minimum atomic E-state index is -0.302. The standard InChI is InChI=1S/C20H19FN2O2/c1-14-4-2-3-5-16(14)12-22-19(24)11-8-17-13-25-23-20(17)15-6-9-18(21)10-7-15/h2-7,9-10,13H,8,11-12H2,1H3,(H,22,24). The van der Waals surface area contributed by atoms with Crippen LogP contribution in [0.4, 0.5) is 4.39 Å². The number of aryl methyl sites for hydroxylation is 2. The van der Waals surface area contributed by atoms with Gasteiger partial charge in [-0.2, -0.15) is 0 Å². The lowest BCUT2D eigenvalue weighted by Gasteiger charge is -2.08. The number of amides is 1. The average Bonchev–Trinajstić information content (AvgIpc) is 3.08. The molecule has 0 aliphatic rings. The normalized spacial score (nSPS) is 10.6. The fraction of sp³-hybridized carbons (Fsp3) is 0.200. The Balaban J connectivity index is 1.57. The van der Waals surface area contributed by atoms with Crippen molar-refractivity contribution in [3.05, 3.63) is 77.3 Å². The van der Waals surface area contributed by atoms with Gasteiger partial charge in [-0.1, -0.05) is 29.4 Å². The molecule has 0 bridgehead atoms. The van der Waals surface area contributed by atoms with E-state index in [1.165, 1.54) is 18.4 Å². The van der Waals surface area contributed by atoms with Gasteiger partial charge < -0.3 is 9.84 Å². The van der Waals surface area contributed by atoms with Gasteiger partial charge in [0.1, 0.15) is 17.8 Å². The van der Waals surface area contributed by atoms with Crippen LogP contribution in [0.1, 0.15) is 23.1 Å². The molecule has 3 rings (SSSR count). The van der Waals surface area contributed by atoms with Crippen molar-refractivity contribution in [3.8, 4) is 11.3 Å². The van der Waals surface area contributed by atoms with Crippen LogP contribution in [0, 0.1) is 12.7 Å². The van der Waals surface area contributed by atoms with Crippen LogP contribution < -0.4 is 5.32 Å². The summed E-state index contributed by atoms with van der Waals surface area (Å²) in [5.74, 6) is -0.334. The largest absolute Gasteiger partial charge is 0.364 e. The molecule has 128 valence electrons. The van der Waals surface area contributed by atoms with E-state index in [0.717, 1.165) is 22.3 Å². The fourth-order valence-corrected chi connectivity index (χ4v) is 2.62. The average molecular weight is 338 g/mol. The van der Waals surface area contributed by atoms with E-state index in [1.54, 1.807) is 12.1 Å². The first-order valence-electron chi connectivity index (χ1n) is 8.14. The highest BCUT2D eigenvalue weighted by molar-refractivity contribution is 5.76. The number of hydrogen-bond acceptors (Lipinski definition) is 3. The van der Waals surface area contributed by atoms with Crippen LogP contribution in [-0.4, -0.2) is 11.1 Å². The molecule has 0 aliphatic carbocycles. The van der Waals surface area contributed by atoms with Crippen LogP contribution in [0.15, 0.2) is 59.3 Å². The van der Waals surface area contributed by atoms with Gasteiger partial charge in [0, 0.05) is 24.1 Å². The van der Waals surface area contributed by atoms with Crippen LogP contribution >= 0.6 is 0 Å². The zero-order valence-electron chi connectivity index (χ0n) is 14.0.